The quantitative estimate of drug-likeness (QED) is 0.358. The molecule has 3 aromatic rings. The predicted molar refractivity (Wildman–Crippen MR) is 121 cm³/mol. The Morgan fingerprint density at radius 1 is 1.34 bits per heavy atom. The van der Waals surface area contributed by atoms with Crippen molar-refractivity contribution >= 4 is 49.9 Å². The molecule has 2 aromatic carbocycles. The maximum atomic E-state index is 13.7. The third-order valence-electron chi connectivity index (χ3n) is 5.17. The normalized spacial score (nSPS) is 15.7. The Balaban J connectivity index is 1.82. The van der Waals surface area contributed by atoms with Crippen molar-refractivity contribution in [3.63, 3.8) is 0 Å². The van der Waals surface area contributed by atoms with Crippen LogP contribution in [0.5, 0.6) is 11.5 Å². The zero-order valence-corrected chi connectivity index (χ0v) is 18.9. The summed E-state index contributed by atoms with van der Waals surface area (Å²) in [5.41, 5.74) is 0.0567. The van der Waals surface area contributed by atoms with E-state index in [1.165, 1.54) is 42.6 Å². The smallest absolute Gasteiger partial charge is 0.286 e. The lowest BCUT2D eigenvalue weighted by Crippen LogP contribution is -2.37. The molecule has 0 bridgehead atoms. The van der Waals surface area contributed by atoms with Crippen LogP contribution in [0, 0.1) is 10.1 Å². The lowest BCUT2D eigenvalue weighted by atomic mass is 10.1. The Labute approximate surface area is 192 Å². The van der Waals surface area contributed by atoms with Gasteiger partial charge in [-0.15, -0.1) is 0 Å². The number of benzene rings is 2. The molecule has 168 valence electrons. The fraction of sp³-hybridized carbons (Fsp3) is 0.333. The molecule has 2 heterocycles. The number of carbonyl (C=O) groups excluding carboxylic acids is 1. The number of hydrogen-bond acceptors (Lipinski definition) is 8. The zero-order chi connectivity index (χ0) is 22.8. The third kappa shape index (κ3) is 4.21. The Kier molecular flexibility index (Phi) is 6.45. The van der Waals surface area contributed by atoms with E-state index in [1.807, 2.05) is 6.07 Å². The van der Waals surface area contributed by atoms with Gasteiger partial charge in [0.05, 0.1) is 47.6 Å². The van der Waals surface area contributed by atoms with Crippen LogP contribution < -0.4 is 14.4 Å². The van der Waals surface area contributed by atoms with Crippen molar-refractivity contribution in [1.29, 1.82) is 0 Å². The summed E-state index contributed by atoms with van der Waals surface area (Å²) in [6.07, 6.45) is 1.47. The number of thiazole rings is 1. The summed E-state index contributed by atoms with van der Waals surface area (Å²) in [6, 6.07) is 7.89. The van der Waals surface area contributed by atoms with Crippen LogP contribution in [-0.4, -0.2) is 49.3 Å². The number of carbonyl (C=O) groups is 1. The van der Waals surface area contributed by atoms with Gasteiger partial charge in [0.2, 0.25) is 0 Å². The van der Waals surface area contributed by atoms with Crippen molar-refractivity contribution in [1.82, 2.24) is 4.98 Å². The van der Waals surface area contributed by atoms with E-state index in [0.717, 1.165) is 17.5 Å². The average Bonchev–Trinajstić information content (AvgIpc) is 3.46. The highest BCUT2D eigenvalue weighted by Crippen LogP contribution is 2.38. The van der Waals surface area contributed by atoms with Gasteiger partial charge in [-0.25, -0.2) is 4.98 Å². The number of aromatic nitrogens is 1. The number of nitro benzene ring substituents is 1. The monoisotopic (exact) mass is 477 g/mol. The third-order valence-corrected chi connectivity index (χ3v) is 6.52. The van der Waals surface area contributed by atoms with Crippen LogP contribution in [-0.2, 0) is 4.74 Å². The highest BCUT2D eigenvalue weighted by Gasteiger charge is 2.32. The number of fused-ring (bicyclic) bond motifs is 1. The molecule has 1 aliphatic heterocycles. The zero-order valence-electron chi connectivity index (χ0n) is 17.4. The highest BCUT2D eigenvalue weighted by molar-refractivity contribution is 7.22. The van der Waals surface area contributed by atoms with Crippen LogP contribution in [0.4, 0.5) is 10.8 Å². The minimum absolute atomic E-state index is 0.129. The van der Waals surface area contributed by atoms with Crippen molar-refractivity contribution in [2.45, 2.75) is 18.9 Å². The molecule has 1 aliphatic rings. The number of amides is 1. The largest absolute Gasteiger partial charge is 0.493 e. The Morgan fingerprint density at radius 2 is 2.09 bits per heavy atom. The van der Waals surface area contributed by atoms with Crippen LogP contribution in [0.1, 0.15) is 23.2 Å². The maximum absolute atomic E-state index is 13.7. The number of hydrogen-bond donors (Lipinski definition) is 0. The topological polar surface area (TPSA) is 104 Å². The van der Waals surface area contributed by atoms with Crippen LogP contribution in [0.25, 0.3) is 10.2 Å². The number of halogens is 1. The van der Waals surface area contributed by atoms with E-state index in [9.17, 15) is 14.9 Å². The SMILES string of the molecule is COc1cc(C(=O)N(CC2CCCO2)c2nc3c(Cl)cccc3s2)c([N+](=O)[O-])cc1OC. The number of ether oxygens (including phenoxy) is 3. The number of nitrogens with zero attached hydrogens (tertiary/aromatic N) is 3. The Bertz CT molecular complexity index is 1180. The van der Waals surface area contributed by atoms with Gasteiger partial charge >= 0.3 is 0 Å². The molecule has 1 unspecified atom stereocenters. The summed E-state index contributed by atoms with van der Waals surface area (Å²) < 4.78 is 17.0. The van der Waals surface area contributed by atoms with E-state index in [1.54, 1.807) is 12.1 Å². The van der Waals surface area contributed by atoms with Gasteiger partial charge in [-0.3, -0.25) is 19.8 Å². The van der Waals surface area contributed by atoms with Crippen LogP contribution in [0.15, 0.2) is 30.3 Å². The van der Waals surface area contributed by atoms with Gasteiger partial charge in [-0.05, 0) is 25.0 Å². The molecule has 1 fully saturated rings. The molecule has 32 heavy (non-hydrogen) atoms. The number of rotatable bonds is 7. The van der Waals surface area contributed by atoms with Crippen LogP contribution in [0.2, 0.25) is 5.02 Å². The summed E-state index contributed by atoms with van der Waals surface area (Å²) in [5.74, 6) is -0.206. The summed E-state index contributed by atoms with van der Waals surface area (Å²) in [6.45, 7) is 0.816. The Morgan fingerprint density at radius 3 is 2.72 bits per heavy atom. The standard InChI is InChI=1S/C21H20ClN3O6S/c1-29-16-9-13(15(25(27)28)10-17(16)30-2)20(26)24(11-12-5-4-8-31-12)21-23-19-14(22)6-3-7-18(19)32-21/h3,6-7,9-10,12H,4-5,8,11H2,1-2H3. The lowest BCUT2D eigenvalue weighted by molar-refractivity contribution is -0.385. The molecule has 4 rings (SSSR count). The molecule has 9 nitrogen and oxygen atoms in total. The first-order chi connectivity index (χ1) is 15.4. The van der Waals surface area contributed by atoms with Gasteiger partial charge in [0, 0.05) is 12.7 Å². The van der Waals surface area contributed by atoms with Crippen molar-refractivity contribution in [3.8, 4) is 11.5 Å². The molecular weight excluding hydrogens is 458 g/mol. The molecule has 1 saturated heterocycles. The average molecular weight is 478 g/mol. The molecular formula is C21H20ClN3O6S. The van der Waals surface area contributed by atoms with Crippen molar-refractivity contribution in [2.24, 2.45) is 0 Å². The van der Waals surface area contributed by atoms with E-state index >= 15 is 0 Å². The fourth-order valence-electron chi connectivity index (χ4n) is 3.59. The van der Waals surface area contributed by atoms with Crippen molar-refractivity contribution in [3.05, 3.63) is 51.0 Å². The first kappa shape index (κ1) is 22.3. The first-order valence-corrected chi connectivity index (χ1v) is 11.0. The highest BCUT2D eigenvalue weighted by atomic mass is 35.5. The van der Waals surface area contributed by atoms with E-state index in [-0.39, 0.29) is 35.4 Å². The van der Waals surface area contributed by atoms with Crippen molar-refractivity contribution in [2.75, 3.05) is 32.3 Å². The summed E-state index contributed by atoms with van der Waals surface area (Å²) in [7, 11) is 2.77. The van der Waals surface area contributed by atoms with Gasteiger partial charge in [0.1, 0.15) is 11.1 Å². The first-order valence-electron chi connectivity index (χ1n) is 9.82. The van der Waals surface area contributed by atoms with Gasteiger partial charge in [0.25, 0.3) is 11.6 Å². The minimum Gasteiger partial charge on any atom is -0.493 e. The minimum atomic E-state index is -0.616. The summed E-state index contributed by atoms with van der Waals surface area (Å²) >= 11 is 7.56. The molecule has 0 aliphatic carbocycles. The van der Waals surface area contributed by atoms with Crippen molar-refractivity contribution < 1.29 is 23.9 Å². The predicted octanol–water partition coefficient (Wildman–Crippen LogP) is 4.70. The fourth-order valence-corrected chi connectivity index (χ4v) is 4.87. The molecule has 1 atom stereocenters. The van der Waals surface area contributed by atoms with Gasteiger partial charge in [0.15, 0.2) is 16.6 Å². The molecule has 0 spiro atoms. The Hall–Kier alpha value is -2.95. The van der Waals surface area contributed by atoms with Crippen LogP contribution in [0.3, 0.4) is 0 Å². The molecule has 1 amide bonds. The maximum Gasteiger partial charge on any atom is 0.286 e. The van der Waals surface area contributed by atoms with Gasteiger partial charge in [-0.2, -0.15) is 0 Å². The van der Waals surface area contributed by atoms with Gasteiger partial charge in [-0.1, -0.05) is 29.0 Å². The number of methoxy groups -OCH3 is 2. The second-order valence-corrected chi connectivity index (χ2v) is 8.53. The second-order valence-electron chi connectivity index (χ2n) is 7.12. The van der Waals surface area contributed by atoms with E-state index in [0.29, 0.717) is 22.3 Å². The molecule has 0 N–H and O–H groups in total. The number of nitro groups is 1. The molecule has 0 radical (unpaired) electrons. The van der Waals surface area contributed by atoms with E-state index in [4.69, 9.17) is 25.8 Å². The van der Waals surface area contributed by atoms with E-state index < -0.39 is 10.8 Å². The number of para-hydroxylation sites is 1. The summed E-state index contributed by atoms with van der Waals surface area (Å²) in [5, 5.41) is 12.6. The lowest BCUT2D eigenvalue weighted by Gasteiger charge is -2.23. The number of anilines is 1. The summed E-state index contributed by atoms with van der Waals surface area (Å²) in [4.78, 5) is 30.8. The molecule has 1 aromatic heterocycles. The van der Waals surface area contributed by atoms with Gasteiger partial charge < -0.3 is 14.2 Å². The molecule has 11 heteroatoms. The molecule has 0 saturated carbocycles. The van der Waals surface area contributed by atoms with Crippen LogP contribution >= 0.6 is 22.9 Å². The van der Waals surface area contributed by atoms with E-state index in [2.05, 4.69) is 4.98 Å². The second kappa shape index (κ2) is 9.27.